The average molecular weight is 326 g/mol. The van der Waals surface area contributed by atoms with Gasteiger partial charge in [-0.05, 0) is 37.5 Å². The molecule has 22 heavy (non-hydrogen) atoms. The van der Waals surface area contributed by atoms with Gasteiger partial charge in [0.2, 0.25) is 10.0 Å². The Kier molecular flexibility index (Phi) is 7.34. The average Bonchev–Trinajstić information content (AvgIpc) is 2.49. The first kappa shape index (κ1) is 18.4. The first-order chi connectivity index (χ1) is 10.4. The van der Waals surface area contributed by atoms with Crippen LogP contribution >= 0.6 is 0 Å². The zero-order valence-corrected chi connectivity index (χ0v) is 14.5. The van der Waals surface area contributed by atoms with Crippen LogP contribution in [-0.4, -0.2) is 41.1 Å². The molecule has 1 aromatic carbocycles. The molecule has 0 aromatic heterocycles. The van der Waals surface area contributed by atoms with E-state index in [1.165, 1.54) is 0 Å². The molecule has 0 heterocycles. The molecular formula is C15H26N4O2S. The molecule has 7 heteroatoms. The van der Waals surface area contributed by atoms with Crippen molar-refractivity contribution in [3.05, 3.63) is 29.3 Å². The molecular weight excluding hydrogens is 300 g/mol. The standard InChI is InChI=1S/C15H26N4O2S/c1-5-8-17-15(16-4)18-9-10-19-22(20,21)14-11-12(2)6-7-13(14)3/h6-7,11,19H,5,8-10H2,1-4H3,(H2,16,17,18). The van der Waals surface area contributed by atoms with Crippen LogP contribution in [0.25, 0.3) is 0 Å². The van der Waals surface area contributed by atoms with Crippen LogP contribution in [0.4, 0.5) is 0 Å². The molecule has 0 radical (unpaired) electrons. The quantitative estimate of drug-likeness (QED) is 0.399. The van der Waals surface area contributed by atoms with Gasteiger partial charge in [-0.3, -0.25) is 4.99 Å². The summed E-state index contributed by atoms with van der Waals surface area (Å²) in [6.07, 6.45) is 1.000. The number of hydrogen-bond donors (Lipinski definition) is 3. The molecule has 0 aliphatic carbocycles. The lowest BCUT2D eigenvalue weighted by molar-refractivity contribution is 0.580. The topological polar surface area (TPSA) is 82.6 Å². The number of hydrogen-bond acceptors (Lipinski definition) is 3. The second kappa shape index (κ2) is 8.75. The summed E-state index contributed by atoms with van der Waals surface area (Å²) in [5.41, 5.74) is 1.67. The van der Waals surface area contributed by atoms with Crippen molar-refractivity contribution in [2.45, 2.75) is 32.1 Å². The highest BCUT2D eigenvalue weighted by molar-refractivity contribution is 7.89. The Bertz CT molecular complexity index is 612. The lowest BCUT2D eigenvalue weighted by Gasteiger charge is -2.13. The highest BCUT2D eigenvalue weighted by atomic mass is 32.2. The predicted molar refractivity (Wildman–Crippen MR) is 90.8 cm³/mol. The second-order valence-electron chi connectivity index (χ2n) is 5.09. The van der Waals surface area contributed by atoms with Crippen LogP contribution in [0, 0.1) is 13.8 Å². The number of benzene rings is 1. The minimum atomic E-state index is -3.49. The molecule has 0 fully saturated rings. The fourth-order valence-electron chi connectivity index (χ4n) is 1.90. The van der Waals surface area contributed by atoms with Crippen LogP contribution < -0.4 is 15.4 Å². The molecule has 3 N–H and O–H groups in total. The van der Waals surface area contributed by atoms with Gasteiger partial charge in [0.1, 0.15) is 0 Å². The third-order valence-corrected chi connectivity index (χ3v) is 4.71. The van der Waals surface area contributed by atoms with Crippen LogP contribution in [0.15, 0.2) is 28.1 Å². The van der Waals surface area contributed by atoms with Gasteiger partial charge in [-0.25, -0.2) is 13.1 Å². The molecule has 6 nitrogen and oxygen atoms in total. The lowest BCUT2D eigenvalue weighted by Crippen LogP contribution is -2.41. The van der Waals surface area contributed by atoms with Gasteiger partial charge in [-0.15, -0.1) is 0 Å². The van der Waals surface area contributed by atoms with Gasteiger partial charge in [0, 0.05) is 26.7 Å². The van der Waals surface area contributed by atoms with Gasteiger partial charge in [-0.2, -0.15) is 0 Å². The SMILES string of the molecule is CCCNC(=NC)NCCNS(=O)(=O)c1cc(C)ccc1C. The summed E-state index contributed by atoms with van der Waals surface area (Å²) in [6, 6.07) is 5.41. The van der Waals surface area contributed by atoms with Crippen molar-refractivity contribution in [1.29, 1.82) is 0 Å². The van der Waals surface area contributed by atoms with E-state index < -0.39 is 10.0 Å². The van der Waals surface area contributed by atoms with Crippen LogP contribution in [0.3, 0.4) is 0 Å². The molecule has 0 aliphatic heterocycles. The molecule has 0 aliphatic rings. The number of rotatable bonds is 7. The van der Waals surface area contributed by atoms with Crippen molar-refractivity contribution < 1.29 is 8.42 Å². The smallest absolute Gasteiger partial charge is 0.240 e. The highest BCUT2D eigenvalue weighted by Crippen LogP contribution is 2.16. The van der Waals surface area contributed by atoms with Crippen molar-refractivity contribution in [3.63, 3.8) is 0 Å². The molecule has 0 spiro atoms. The predicted octanol–water partition coefficient (Wildman–Crippen LogP) is 1.16. The molecule has 1 aromatic rings. The largest absolute Gasteiger partial charge is 0.356 e. The van der Waals surface area contributed by atoms with E-state index in [0.29, 0.717) is 23.9 Å². The Balaban J connectivity index is 2.55. The van der Waals surface area contributed by atoms with Gasteiger partial charge >= 0.3 is 0 Å². The summed E-state index contributed by atoms with van der Waals surface area (Å²) < 4.78 is 27.2. The third-order valence-electron chi connectivity index (χ3n) is 3.11. The summed E-state index contributed by atoms with van der Waals surface area (Å²) in [7, 11) is -1.80. The van der Waals surface area contributed by atoms with E-state index in [2.05, 4.69) is 27.3 Å². The number of nitrogens with zero attached hydrogens (tertiary/aromatic N) is 1. The second-order valence-corrected chi connectivity index (χ2v) is 6.83. The molecule has 0 saturated carbocycles. The van der Waals surface area contributed by atoms with Crippen LogP contribution in [-0.2, 0) is 10.0 Å². The third kappa shape index (κ3) is 5.65. The van der Waals surface area contributed by atoms with Crippen molar-refractivity contribution in [2.75, 3.05) is 26.7 Å². The minimum absolute atomic E-state index is 0.294. The molecule has 0 amide bonds. The number of sulfonamides is 1. The van der Waals surface area contributed by atoms with E-state index in [4.69, 9.17) is 0 Å². The van der Waals surface area contributed by atoms with Crippen molar-refractivity contribution in [1.82, 2.24) is 15.4 Å². The Morgan fingerprint density at radius 3 is 2.45 bits per heavy atom. The van der Waals surface area contributed by atoms with Gasteiger partial charge in [0.15, 0.2) is 5.96 Å². The van der Waals surface area contributed by atoms with Crippen molar-refractivity contribution in [2.24, 2.45) is 4.99 Å². The van der Waals surface area contributed by atoms with E-state index >= 15 is 0 Å². The Morgan fingerprint density at radius 2 is 1.82 bits per heavy atom. The van der Waals surface area contributed by atoms with Gasteiger partial charge in [0.05, 0.1) is 4.90 Å². The van der Waals surface area contributed by atoms with Gasteiger partial charge in [0.25, 0.3) is 0 Å². The summed E-state index contributed by atoms with van der Waals surface area (Å²) in [5.74, 6) is 0.674. The molecule has 0 saturated heterocycles. The highest BCUT2D eigenvalue weighted by Gasteiger charge is 2.16. The van der Waals surface area contributed by atoms with E-state index in [9.17, 15) is 8.42 Å². The van der Waals surface area contributed by atoms with E-state index in [-0.39, 0.29) is 0 Å². The van der Waals surface area contributed by atoms with E-state index in [1.807, 2.05) is 19.1 Å². The van der Waals surface area contributed by atoms with E-state index in [0.717, 1.165) is 24.1 Å². The molecule has 0 atom stereocenters. The number of nitrogens with one attached hydrogen (secondary N) is 3. The van der Waals surface area contributed by atoms with Crippen LogP contribution in [0.1, 0.15) is 24.5 Å². The fraction of sp³-hybridized carbons (Fsp3) is 0.533. The number of guanidine groups is 1. The fourth-order valence-corrected chi connectivity index (χ4v) is 3.26. The molecule has 1 rings (SSSR count). The van der Waals surface area contributed by atoms with Crippen LogP contribution in [0.2, 0.25) is 0 Å². The Hall–Kier alpha value is -1.60. The van der Waals surface area contributed by atoms with E-state index in [1.54, 1.807) is 20.0 Å². The Morgan fingerprint density at radius 1 is 1.14 bits per heavy atom. The van der Waals surface area contributed by atoms with Crippen LogP contribution in [0.5, 0.6) is 0 Å². The maximum atomic E-state index is 12.3. The first-order valence-corrected chi connectivity index (χ1v) is 8.90. The Labute approximate surface area is 133 Å². The number of aryl methyl sites for hydroxylation is 2. The zero-order chi connectivity index (χ0) is 16.6. The van der Waals surface area contributed by atoms with Crippen molar-refractivity contribution in [3.8, 4) is 0 Å². The minimum Gasteiger partial charge on any atom is -0.356 e. The van der Waals surface area contributed by atoms with Crippen molar-refractivity contribution >= 4 is 16.0 Å². The maximum Gasteiger partial charge on any atom is 0.240 e. The normalized spacial score (nSPS) is 12.3. The summed E-state index contributed by atoms with van der Waals surface area (Å²) in [6.45, 7) is 7.33. The first-order valence-electron chi connectivity index (χ1n) is 7.42. The number of aliphatic imine (C=N–C) groups is 1. The molecule has 124 valence electrons. The zero-order valence-electron chi connectivity index (χ0n) is 13.7. The summed E-state index contributed by atoms with van der Waals surface area (Å²) in [5, 5.41) is 6.19. The summed E-state index contributed by atoms with van der Waals surface area (Å²) >= 11 is 0. The van der Waals surface area contributed by atoms with Gasteiger partial charge in [-0.1, -0.05) is 19.1 Å². The maximum absolute atomic E-state index is 12.3. The van der Waals surface area contributed by atoms with Gasteiger partial charge < -0.3 is 10.6 Å². The molecule has 0 unspecified atom stereocenters. The summed E-state index contributed by atoms with van der Waals surface area (Å²) in [4.78, 5) is 4.39. The lowest BCUT2D eigenvalue weighted by atomic mass is 10.2. The molecule has 0 bridgehead atoms. The monoisotopic (exact) mass is 326 g/mol.